The second kappa shape index (κ2) is 8.84. The lowest BCUT2D eigenvalue weighted by Gasteiger charge is -2.24. The van der Waals surface area contributed by atoms with Gasteiger partial charge in [0.25, 0.3) is 0 Å². The molecule has 0 radical (unpaired) electrons. The van der Waals surface area contributed by atoms with Gasteiger partial charge in [-0.2, -0.15) is 16.1 Å². The van der Waals surface area contributed by atoms with Gasteiger partial charge in [-0.25, -0.2) is 8.42 Å². The van der Waals surface area contributed by atoms with Crippen molar-refractivity contribution in [2.24, 2.45) is 5.73 Å². The fraction of sp³-hybridized carbons (Fsp3) is 0.562. The van der Waals surface area contributed by atoms with E-state index in [1.165, 1.54) is 4.31 Å². The van der Waals surface area contributed by atoms with Gasteiger partial charge in [0.05, 0.1) is 10.9 Å². The summed E-state index contributed by atoms with van der Waals surface area (Å²) in [5, 5.41) is 0. The molecule has 8 heteroatoms. The van der Waals surface area contributed by atoms with Crippen LogP contribution >= 0.6 is 11.8 Å². The zero-order valence-electron chi connectivity index (χ0n) is 13.9. The SMILES string of the molecule is CSCC[C@H](N)C(=O)N1CCCN(S(=O)(=O)c2ccccc2)CC1. The van der Waals surface area contributed by atoms with Crippen molar-refractivity contribution < 1.29 is 13.2 Å². The van der Waals surface area contributed by atoms with Crippen molar-refractivity contribution in [3.05, 3.63) is 30.3 Å². The first-order valence-corrected chi connectivity index (χ1v) is 10.9. The molecule has 1 fully saturated rings. The molecule has 1 aromatic carbocycles. The van der Waals surface area contributed by atoms with Gasteiger partial charge in [-0.05, 0) is 37.0 Å². The molecule has 6 nitrogen and oxygen atoms in total. The Bertz CT molecular complexity index is 637. The number of nitrogens with zero attached hydrogens (tertiary/aromatic N) is 2. The van der Waals surface area contributed by atoms with E-state index in [1.807, 2.05) is 6.26 Å². The fourth-order valence-electron chi connectivity index (χ4n) is 2.70. The van der Waals surface area contributed by atoms with Crippen molar-refractivity contribution in [2.75, 3.05) is 38.2 Å². The Kier molecular flexibility index (Phi) is 7.09. The Labute approximate surface area is 148 Å². The maximum Gasteiger partial charge on any atom is 0.243 e. The molecule has 0 saturated carbocycles. The highest BCUT2D eigenvalue weighted by Gasteiger charge is 2.29. The van der Waals surface area contributed by atoms with Gasteiger partial charge in [0.1, 0.15) is 0 Å². The molecule has 0 aliphatic carbocycles. The Morgan fingerprint density at radius 3 is 2.58 bits per heavy atom. The molecule has 1 saturated heterocycles. The van der Waals surface area contributed by atoms with Gasteiger partial charge in [-0.1, -0.05) is 18.2 Å². The Morgan fingerprint density at radius 1 is 1.21 bits per heavy atom. The topological polar surface area (TPSA) is 83.7 Å². The van der Waals surface area contributed by atoms with Gasteiger partial charge >= 0.3 is 0 Å². The van der Waals surface area contributed by atoms with E-state index in [0.717, 1.165) is 5.75 Å². The molecule has 134 valence electrons. The number of hydrogen-bond donors (Lipinski definition) is 1. The van der Waals surface area contributed by atoms with Crippen molar-refractivity contribution in [3.8, 4) is 0 Å². The first kappa shape index (κ1) is 19.2. The molecular formula is C16H25N3O3S2. The van der Waals surface area contributed by atoms with Gasteiger partial charge in [0, 0.05) is 26.2 Å². The van der Waals surface area contributed by atoms with Crippen LogP contribution in [0.3, 0.4) is 0 Å². The number of rotatable bonds is 6. The summed E-state index contributed by atoms with van der Waals surface area (Å²) in [5.41, 5.74) is 5.96. The van der Waals surface area contributed by atoms with E-state index in [-0.39, 0.29) is 5.91 Å². The molecule has 0 aromatic heterocycles. The Balaban J connectivity index is 2.01. The minimum Gasteiger partial charge on any atom is -0.340 e. The molecule has 1 aliphatic heterocycles. The normalized spacial score (nSPS) is 18.2. The predicted octanol–water partition coefficient (Wildman–Crippen LogP) is 0.990. The largest absolute Gasteiger partial charge is 0.340 e. The van der Waals surface area contributed by atoms with E-state index >= 15 is 0 Å². The molecule has 1 atom stereocenters. The fourth-order valence-corrected chi connectivity index (χ4v) is 4.68. The highest BCUT2D eigenvalue weighted by molar-refractivity contribution is 7.98. The van der Waals surface area contributed by atoms with Crippen LogP contribution in [-0.4, -0.2) is 67.8 Å². The average molecular weight is 372 g/mol. The third-order valence-corrected chi connectivity index (χ3v) is 6.65. The highest BCUT2D eigenvalue weighted by atomic mass is 32.2. The van der Waals surface area contributed by atoms with E-state index in [1.54, 1.807) is 47.0 Å². The van der Waals surface area contributed by atoms with Crippen LogP contribution in [0.25, 0.3) is 0 Å². The lowest BCUT2D eigenvalue weighted by atomic mass is 10.2. The molecule has 1 aliphatic rings. The predicted molar refractivity (Wildman–Crippen MR) is 97.4 cm³/mol. The van der Waals surface area contributed by atoms with E-state index in [9.17, 15) is 13.2 Å². The molecule has 1 amide bonds. The molecule has 0 unspecified atom stereocenters. The van der Waals surface area contributed by atoms with Crippen LogP contribution in [-0.2, 0) is 14.8 Å². The van der Waals surface area contributed by atoms with Crippen molar-refractivity contribution in [1.29, 1.82) is 0 Å². The number of benzene rings is 1. The molecule has 0 spiro atoms. The summed E-state index contributed by atoms with van der Waals surface area (Å²) in [6.45, 7) is 1.66. The van der Waals surface area contributed by atoms with Gasteiger partial charge < -0.3 is 10.6 Å². The van der Waals surface area contributed by atoms with E-state index < -0.39 is 16.1 Å². The van der Waals surface area contributed by atoms with Crippen LogP contribution in [0, 0.1) is 0 Å². The second-order valence-corrected chi connectivity index (χ2v) is 8.71. The number of nitrogens with two attached hydrogens (primary N) is 1. The molecule has 1 heterocycles. The quantitative estimate of drug-likeness (QED) is 0.806. The summed E-state index contributed by atoms with van der Waals surface area (Å²) < 4.78 is 26.8. The van der Waals surface area contributed by atoms with Gasteiger partial charge in [0.15, 0.2) is 0 Å². The third-order valence-electron chi connectivity index (χ3n) is 4.10. The van der Waals surface area contributed by atoms with E-state index in [2.05, 4.69) is 0 Å². The van der Waals surface area contributed by atoms with Gasteiger partial charge in [-0.3, -0.25) is 4.79 Å². The number of thioether (sulfide) groups is 1. The summed E-state index contributed by atoms with van der Waals surface area (Å²) in [6, 6.07) is 7.91. The zero-order chi connectivity index (χ0) is 17.6. The summed E-state index contributed by atoms with van der Waals surface area (Å²) in [6.07, 6.45) is 3.24. The molecule has 24 heavy (non-hydrogen) atoms. The minimum absolute atomic E-state index is 0.0805. The van der Waals surface area contributed by atoms with Crippen molar-refractivity contribution in [3.63, 3.8) is 0 Å². The lowest BCUT2D eigenvalue weighted by molar-refractivity contribution is -0.132. The Morgan fingerprint density at radius 2 is 1.92 bits per heavy atom. The summed E-state index contributed by atoms with van der Waals surface area (Å²) >= 11 is 1.66. The third kappa shape index (κ3) is 4.72. The number of carbonyl (C=O) groups excluding carboxylic acids is 1. The summed E-state index contributed by atoms with van der Waals surface area (Å²) in [5.74, 6) is 0.762. The molecule has 1 aromatic rings. The molecule has 0 bridgehead atoms. The van der Waals surface area contributed by atoms with Crippen LogP contribution in [0.4, 0.5) is 0 Å². The van der Waals surface area contributed by atoms with Crippen LogP contribution in [0.1, 0.15) is 12.8 Å². The van der Waals surface area contributed by atoms with Crippen LogP contribution in [0.2, 0.25) is 0 Å². The first-order valence-electron chi connectivity index (χ1n) is 8.05. The molecular weight excluding hydrogens is 346 g/mol. The zero-order valence-corrected chi connectivity index (χ0v) is 15.6. The van der Waals surface area contributed by atoms with Gasteiger partial charge in [-0.15, -0.1) is 0 Å². The minimum atomic E-state index is -3.51. The van der Waals surface area contributed by atoms with Gasteiger partial charge in [0.2, 0.25) is 15.9 Å². The van der Waals surface area contributed by atoms with Crippen molar-refractivity contribution in [1.82, 2.24) is 9.21 Å². The first-order chi connectivity index (χ1) is 11.5. The highest BCUT2D eigenvalue weighted by Crippen LogP contribution is 2.17. The summed E-state index contributed by atoms with van der Waals surface area (Å²) in [4.78, 5) is 14.4. The number of hydrogen-bond acceptors (Lipinski definition) is 5. The lowest BCUT2D eigenvalue weighted by Crippen LogP contribution is -2.45. The second-order valence-electron chi connectivity index (χ2n) is 5.78. The average Bonchev–Trinajstić information content (AvgIpc) is 2.86. The molecule has 2 N–H and O–H groups in total. The number of amides is 1. The summed E-state index contributed by atoms with van der Waals surface area (Å²) in [7, 11) is -3.51. The van der Waals surface area contributed by atoms with Crippen molar-refractivity contribution in [2.45, 2.75) is 23.8 Å². The van der Waals surface area contributed by atoms with E-state index in [0.29, 0.717) is 43.9 Å². The van der Waals surface area contributed by atoms with Crippen molar-refractivity contribution >= 4 is 27.7 Å². The van der Waals surface area contributed by atoms with E-state index in [4.69, 9.17) is 5.73 Å². The number of sulfonamides is 1. The van der Waals surface area contributed by atoms with Crippen LogP contribution in [0.5, 0.6) is 0 Å². The maximum atomic E-state index is 12.7. The van der Waals surface area contributed by atoms with Crippen LogP contribution < -0.4 is 5.73 Å². The Hall–Kier alpha value is -1.09. The molecule has 2 rings (SSSR count). The monoisotopic (exact) mass is 371 g/mol. The van der Waals surface area contributed by atoms with Crippen LogP contribution in [0.15, 0.2) is 35.2 Å². The smallest absolute Gasteiger partial charge is 0.243 e. The maximum absolute atomic E-state index is 12.7. The standard InChI is InChI=1S/C16H25N3O3S2/c1-23-13-8-15(17)16(20)18-9-5-10-19(12-11-18)24(21,22)14-6-3-2-4-7-14/h2-4,6-7,15H,5,8-13,17H2,1H3/t15-/m0/s1. The number of carbonyl (C=O) groups is 1.